The summed E-state index contributed by atoms with van der Waals surface area (Å²) in [6.07, 6.45) is -9.23. The van der Waals surface area contributed by atoms with Crippen molar-refractivity contribution in [2.24, 2.45) is 0 Å². The summed E-state index contributed by atoms with van der Waals surface area (Å²) in [5, 5.41) is 0. The van der Waals surface area contributed by atoms with Gasteiger partial charge in [0.15, 0.2) is 0 Å². The summed E-state index contributed by atoms with van der Waals surface area (Å²) >= 11 is 0. The number of rotatable bonds is 2. The lowest BCUT2D eigenvalue weighted by Crippen LogP contribution is -2.45. The zero-order chi connectivity index (χ0) is 9.28. The second-order valence-corrected chi connectivity index (χ2v) is 1.69. The summed E-state index contributed by atoms with van der Waals surface area (Å²) in [7, 11) is 0. The number of alkyl halides is 6. The van der Waals surface area contributed by atoms with E-state index < -0.39 is 18.3 Å². The molecular formula is C5H3F6. The third kappa shape index (κ3) is 1.66. The van der Waals surface area contributed by atoms with E-state index in [2.05, 4.69) is 6.58 Å². The molecule has 6 heteroatoms. The standard InChI is InChI=1S/C5H3F6/c1-2-4(8,3(6)7)5(9,10)11/h3H,1H2. The van der Waals surface area contributed by atoms with Gasteiger partial charge in [-0.2, -0.15) is 13.2 Å². The number of halogens is 6. The fourth-order valence-corrected chi connectivity index (χ4v) is 0.301. The summed E-state index contributed by atoms with van der Waals surface area (Å²) in [5.41, 5.74) is -4.72. The minimum absolute atomic E-state index is 0.626. The highest BCUT2D eigenvalue weighted by Crippen LogP contribution is 2.38. The zero-order valence-corrected chi connectivity index (χ0v) is 5.05. The smallest absolute Gasteiger partial charge is 0.222 e. The van der Waals surface area contributed by atoms with Crippen LogP contribution in [-0.4, -0.2) is 18.3 Å². The summed E-state index contributed by atoms with van der Waals surface area (Å²) in [6.45, 7) is 2.22. The Bertz CT molecular complexity index is 148. The highest BCUT2D eigenvalue weighted by molar-refractivity contribution is 4.98. The molecule has 65 valence electrons. The molecule has 0 bridgehead atoms. The van der Waals surface area contributed by atoms with Gasteiger partial charge in [0, 0.05) is 6.08 Å². The molecule has 0 aliphatic carbocycles. The van der Waals surface area contributed by atoms with Gasteiger partial charge in [0.1, 0.15) is 0 Å². The molecule has 0 amide bonds. The first-order valence-electron chi connectivity index (χ1n) is 2.33. The number of hydrogen-bond acceptors (Lipinski definition) is 0. The van der Waals surface area contributed by atoms with Crippen LogP contribution in [0, 0.1) is 6.08 Å². The van der Waals surface area contributed by atoms with Crippen LogP contribution in [0.1, 0.15) is 0 Å². The van der Waals surface area contributed by atoms with E-state index in [4.69, 9.17) is 0 Å². The van der Waals surface area contributed by atoms with Gasteiger partial charge in [0.2, 0.25) is 0 Å². The summed E-state index contributed by atoms with van der Waals surface area (Å²) in [5.74, 6) is 0. The summed E-state index contributed by atoms with van der Waals surface area (Å²) in [4.78, 5) is 0. The molecule has 11 heavy (non-hydrogen) atoms. The lowest BCUT2D eigenvalue weighted by atomic mass is 10.1. The van der Waals surface area contributed by atoms with Gasteiger partial charge in [-0.05, 0) is 0 Å². The van der Waals surface area contributed by atoms with Crippen LogP contribution in [0.3, 0.4) is 0 Å². The van der Waals surface area contributed by atoms with Crippen molar-refractivity contribution >= 4 is 0 Å². The molecule has 0 aromatic carbocycles. The van der Waals surface area contributed by atoms with Gasteiger partial charge in [-0.1, -0.05) is 6.58 Å². The molecule has 1 unspecified atom stereocenters. The second kappa shape index (κ2) is 2.75. The van der Waals surface area contributed by atoms with Gasteiger partial charge in [0.25, 0.3) is 12.1 Å². The van der Waals surface area contributed by atoms with Crippen LogP contribution >= 0.6 is 0 Å². The molecule has 0 rings (SSSR count). The van der Waals surface area contributed by atoms with E-state index >= 15 is 0 Å². The number of allylic oxidation sites excluding steroid dienone is 1. The molecule has 0 spiro atoms. The molecule has 0 saturated carbocycles. The Hall–Kier alpha value is -0.680. The molecule has 0 aromatic heterocycles. The van der Waals surface area contributed by atoms with Gasteiger partial charge in [-0.3, -0.25) is 0 Å². The third-order valence-corrected chi connectivity index (χ3v) is 0.971. The molecule has 0 fully saturated rings. The highest BCUT2D eigenvalue weighted by atomic mass is 19.4. The molecule has 0 aromatic rings. The molecule has 0 heterocycles. The van der Waals surface area contributed by atoms with Crippen LogP contribution in [-0.2, 0) is 0 Å². The predicted molar refractivity (Wildman–Crippen MR) is 24.8 cm³/mol. The van der Waals surface area contributed by atoms with Crippen molar-refractivity contribution in [3.8, 4) is 0 Å². The Morgan fingerprint density at radius 3 is 1.45 bits per heavy atom. The van der Waals surface area contributed by atoms with E-state index in [0.717, 1.165) is 0 Å². The Morgan fingerprint density at radius 1 is 1.09 bits per heavy atom. The normalized spacial score (nSPS) is 18.1. The van der Waals surface area contributed by atoms with E-state index in [0.29, 0.717) is 6.08 Å². The monoisotopic (exact) mass is 177 g/mol. The maximum absolute atomic E-state index is 12.1. The first-order chi connectivity index (χ1) is 4.75. The van der Waals surface area contributed by atoms with Crippen molar-refractivity contribution in [1.29, 1.82) is 0 Å². The second-order valence-electron chi connectivity index (χ2n) is 1.69. The van der Waals surface area contributed by atoms with Crippen molar-refractivity contribution in [2.75, 3.05) is 0 Å². The van der Waals surface area contributed by atoms with Crippen LogP contribution in [0.2, 0.25) is 0 Å². The predicted octanol–water partition coefficient (Wildman–Crippen LogP) is 2.51. The Labute approximate surface area is 58.5 Å². The van der Waals surface area contributed by atoms with E-state index in [1.54, 1.807) is 0 Å². The first kappa shape index (κ1) is 10.3. The summed E-state index contributed by atoms with van der Waals surface area (Å²) < 4.78 is 69.1. The molecule has 0 saturated heterocycles. The maximum atomic E-state index is 12.1. The minimum atomic E-state index is -5.66. The van der Waals surface area contributed by atoms with Gasteiger partial charge in [-0.25, -0.2) is 13.2 Å². The van der Waals surface area contributed by atoms with E-state index in [1.165, 1.54) is 0 Å². The van der Waals surface area contributed by atoms with Gasteiger partial charge in [-0.15, -0.1) is 0 Å². The third-order valence-electron chi connectivity index (χ3n) is 0.971. The molecule has 0 N–H and O–H groups in total. The molecule has 1 atom stereocenters. The Balaban J connectivity index is 4.75. The lowest BCUT2D eigenvalue weighted by molar-refractivity contribution is -0.250. The Morgan fingerprint density at radius 2 is 1.45 bits per heavy atom. The Kier molecular flexibility index (Phi) is 2.58. The van der Waals surface area contributed by atoms with Gasteiger partial charge < -0.3 is 0 Å². The minimum Gasteiger partial charge on any atom is -0.222 e. The molecular weight excluding hydrogens is 174 g/mol. The fraction of sp³-hybridized carbons (Fsp3) is 0.600. The van der Waals surface area contributed by atoms with Crippen LogP contribution < -0.4 is 0 Å². The van der Waals surface area contributed by atoms with Gasteiger partial charge in [0.05, 0.1) is 0 Å². The lowest BCUT2D eigenvalue weighted by Gasteiger charge is -2.22. The molecule has 1 radical (unpaired) electrons. The van der Waals surface area contributed by atoms with Crippen LogP contribution in [0.25, 0.3) is 0 Å². The van der Waals surface area contributed by atoms with E-state index in [-0.39, 0.29) is 0 Å². The average Bonchev–Trinajstić information content (AvgIpc) is 1.83. The fourth-order valence-electron chi connectivity index (χ4n) is 0.301. The first-order valence-corrected chi connectivity index (χ1v) is 2.33. The topological polar surface area (TPSA) is 0 Å². The van der Waals surface area contributed by atoms with Crippen molar-refractivity contribution in [2.45, 2.75) is 18.3 Å². The van der Waals surface area contributed by atoms with E-state index in [9.17, 15) is 26.3 Å². The summed E-state index contributed by atoms with van der Waals surface area (Å²) in [6, 6.07) is 0. The maximum Gasteiger partial charge on any atom is 0.432 e. The van der Waals surface area contributed by atoms with Crippen molar-refractivity contribution in [3.63, 3.8) is 0 Å². The molecule has 0 nitrogen and oxygen atoms in total. The van der Waals surface area contributed by atoms with Gasteiger partial charge >= 0.3 is 6.18 Å². The average molecular weight is 177 g/mol. The van der Waals surface area contributed by atoms with Crippen molar-refractivity contribution < 1.29 is 26.3 Å². The van der Waals surface area contributed by atoms with E-state index in [1.807, 2.05) is 0 Å². The van der Waals surface area contributed by atoms with Crippen LogP contribution in [0.4, 0.5) is 26.3 Å². The SMILES string of the molecule is C=[C]C(F)(C(F)F)C(F)(F)F. The number of hydrogen-bond donors (Lipinski definition) is 0. The van der Waals surface area contributed by atoms with Crippen molar-refractivity contribution in [1.82, 2.24) is 0 Å². The van der Waals surface area contributed by atoms with Crippen LogP contribution in [0.15, 0.2) is 6.58 Å². The highest BCUT2D eigenvalue weighted by Gasteiger charge is 2.61. The quantitative estimate of drug-likeness (QED) is 0.568. The largest absolute Gasteiger partial charge is 0.432 e. The molecule has 0 aliphatic heterocycles. The molecule has 0 aliphatic rings. The van der Waals surface area contributed by atoms with Crippen LogP contribution in [0.5, 0.6) is 0 Å². The zero-order valence-electron chi connectivity index (χ0n) is 5.05. The van der Waals surface area contributed by atoms with Crippen molar-refractivity contribution in [3.05, 3.63) is 12.7 Å².